The number of carboxylic acids is 1. The van der Waals surface area contributed by atoms with E-state index in [0.717, 1.165) is 5.56 Å². The maximum Gasteiger partial charge on any atom is 0.411 e. The van der Waals surface area contributed by atoms with Crippen molar-refractivity contribution >= 4 is 12.1 Å². The molecule has 0 spiro atoms. The van der Waals surface area contributed by atoms with Crippen LogP contribution in [0.4, 0.5) is 9.18 Å². The molecule has 1 aliphatic heterocycles. The molecule has 0 aromatic heterocycles. The molecular formula is C17H22FNO4. The SMILES string of the molecule is CC(C)(C)OC(=O)N1CC(c2ccc(F)cc2)CCC1C(=O)O. The van der Waals surface area contributed by atoms with Crippen LogP contribution < -0.4 is 0 Å². The lowest BCUT2D eigenvalue weighted by atomic mass is 9.87. The highest BCUT2D eigenvalue weighted by atomic mass is 19.1. The standard InChI is InChI=1S/C17H22FNO4/c1-17(2,3)23-16(22)19-10-12(6-9-14(19)15(20)21)11-4-7-13(18)8-5-11/h4-5,7-8,12,14H,6,9-10H2,1-3H3,(H,20,21). The van der Waals surface area contributed by atoms with Crippen molar-refractivity contribution in [1.82, 2.24) is 4.90 Å². The highest BCUT2D eigenvalue weighted by molar-refractivity contribution is 5.80. The van der Waals surface area contributed by atoms with Gasteiger partial charge in [-0.1, -0.05) is 12.1 Å². The van der Waals surface area contributed by atoms with Gasteiger partial charge in [0, 0.05) is 12.5 Å². The summed E-state index contributed by atoms with van der Waals surface area (Å²) in [5.41, 5.74) is 0.201. The van der Waals surface area contributed by atoms with Crippen molar-refractivity contribution in [3.05, 3.63) is 35.6 Å². The molecule has 2 atom stereocenters. The second-order valence-corrected chi connectivity index (χ2v) is 6.81. The van der Waals surface area contributed by atoms with Crippen LogP contribution in [0.3, 0.4) is 0 Å². The highest BCUT2D eigenvalue weighted by Gasteiger charge is 2.38. The molecular weight excluding hydrogens is 301 g/mol. The Morgan fingerprint density at radius 2 is 1.83 bits per heavy atom. The predicted molar refractivity (Wildman–Crippen MR) is 82.7 cm³/mol. The van der Waals surface area contributed by atoms with Gasteiger partial charge in [0.1, 0.15) is 17.5 Å². The average Bonchev–Trinajstić information content (AvgIpc) is 2.45. The maximum absolute atomic E-state index is 13.1. The molecule has 1 aromatic carbocycles. The van der Waals surface area contributed by atoms with Crippen LogP contribution in [0, 0.1) is 5.82 Å². The number of likely N-dealkylation sites (tertiary alicyclic amines) is 1. The molecule has 1 amide bonds. The predicted octanol–water partition coefficient (Wildman–Crippen LogP) is 3.39. The van der Waals surface area contributed by atoms with Crippen LogP contribution >= 0.6 is 0 Å². The van der Waals surface area contributed by atoms with E-state index in [1.165, 1.54) is 17.0 Å². The molecule has 0 saturated carbocycles. The molecule has 6 heteroatoms. The van der Waals surface area contributed by atoms with Crippen molar-refractivity contribution in [1.29, 1.82) is 0 Å². The summed E-state index contributed by atoms with van der Waals surface area (Å²) in [6.07, 6.45) is 0.343. The number of hydrogen-bond donors (Lipinski definition) is 1. The van der Waals surface area contributed by atoms with Crippen molar-refractivity contribution in [2.45, 2.75) is 51.2 Å². The van der Waals surface area contributed by atoms with E-state index < -0.39 is 23.7 Å². The van der Waals surface area contributed by atoms with Crippen LogP contribution in [0.5, 0.6) is 0 Å². The number of nitrogens with zero attached hydrogens (tertiary/aromatic N) is 1. The minimum atomic E-state index is -1.03. The number of carbonyl (C=O) groups excluding carboxylic acids is 1. The summed E-state index contributed by atoms with van der Waals surface area (Å²) in [5, 5.41) is 9.35. The minimum absolute atomic E-state index is 0.0290. The summed E-state index contributed by atoms with van der Waals surface area (Å²) in [6.45, 7) is 5.46. The van der Waals surface area contributed by atoms with E-state index in [1.54, 1.807) is 32.9 Å². The van der Waals surface area contributed by atoms with Crippen molar-refractivity contribution < 1.29 is 23.8 Å². The molecule has 0 bridgehead atoms. The highest BCUT2D eigenvalue weighted by Crippen LogP contribution is 2.31. The first-order valence-corrected chi connectivity index (χ1v) is 7.65. The van der Waals surface area contributed by atoms with Gasteiger partial charge in [-0.15, -0.1) is 0 Å². The Morgan fingerprint density at radius 3 is 2.35 bits per heavy atom. The number of amides is 1. The number of ether oxygens (including phenoxy) is 1. The average molecular weight is 323 g/mol. The molecule has 2 unspecified atom stereocenters. The number of aliphatic carboxylic acids is 1. The second kappa shape index (κ2) is 6.56. The van der Waals surface area contributed by atoms with Crippen LogP contribution in [-0.4, -0.2) is 40.3 Å². The van der Waals surface area contributed by atoms with Gasteiger partial charge in [0.05, 0.1) is 0 Å². The molecule has 5 nitrogen and oxygen atoms in total. The molecule has 1 saturated heterocycles. The molecule has 1 heterocycles. The first-order valence-electron chi connectivity index (χ1n) is 7.65. The van der Waals surface area contributed by atoms with Crippen molar-refractivity contribution in [2.75, 3.05) is 6.54 Å². The molecule has 0 radical (unpaired) electrons. The minimum Gasteiger partial charge on any atom is -0.480 e. The van der Waals surface area contributed by atoms with Crippen LogP contribution in [-0.2, 0) is 9.53 Å². The zero-order valence-corrected chi connectivity index (χ0v) is 13.6. The Labute approximate surface area is 135 Å². The first kappa shape index (κ1) is 17.2. The molecule has 1 aromatic rings. The van der Waals surface area contributed by atoms with Gasteiger partial charge in [-0.05, 0) is 51.3 Å². The topological polar surface area (TPSA) is 66.8 Å². The lowest BCUT2D eigenvalue weighted by Gasteiger charge is -2.38. The Hall–Kier alpha value is -2.11. The fourth-order valence-electron chi connectivity index (χ4n) is 2.76. The van der Waals surface area contributed by atoms with Gasteiger partial charge in [0.25, 0.3) is 0 Å². The van der Waals surface area contributed by atoms with Gasteiger partial charge < -0.3 is 9.84 Å². The van der Waals surface area contributed by atoms with E-state index in [4.69, 9.17) is 4.74 Å². The molecule has 23 heavy (non-hydrogen) atoms. The Bertz CT molecular complexity index is 579. The summed E-state index contributed by atoms with van der Waals surface area (Å²) in [6, 6.07) is 5.21. The van der Waals surface area contributed by atoms with Crippen LogP contribution in [0.15, 0.2) is 24.3 Å². The number of halogens is 1. The van der Waals surface area contributed by atoms with Crippen LogP contribution in [0.1, 0.15) is 45.1 Å². The third kappa shape index (κ3) is 4.43. The number of carboxylic acid groups (broad SMARTS) is 1. The number of benzene rings is 1. The summed E-state index contributed by atoms with van der Waals surface area (Å²) >= 11 is 0. The third-order valence-electron chi connectivity index (χ3n) is 3.84. The van der Waals surface area contributed by atoms with Crippen molar-refractivity contribution in [3.63, 3.8) is 0 Å². The summed E-state index contributed by atoms with van der Waals surface area (Å²) in [5.74, 6) is -1.39. The van der Waals surface area contributed by atoms with Gasteiger partial charge >= 0.3 is 12.1 Å². The maximum atomic E-state index is 13.1. The van der Waals surface area contributed by atoms with E-state index in [1.807, 2.05) is 0 Å². The van der Waals surface area contributed by atoms with Gasteiger partial charge in [0.15, 0.2) is 0 Å². The zero-order chi connectivity index (χ0) is 17.2. The number of hydrogen-bond acceptors (Lipinski definition) is 3. The quantitative estimate of drug-likeness (QED) is 0.906. The largest absolute Gasteiger partial charge is 0.480 e. The molecule has 1 fully saturated rings. The van der Waals surface area contributed by atoms with Crippen molar-refractivity contribution in [2.24, 2.45) is 0 Å². The molecule has 0 aliphatic carbocycles. The van der Waals surface area contributed by atoms with Crippen LogP contribution in [0.25, 0.3) is 0 Å². The molecule has 1 aliphatic rings. The third-order valence-corrected chi connectivity index (χ3v) is 3.84. The lowest BCUT2D eigenvalue weighted by Crippen LogP contribution is -2.51. The summed E-state index contributed by atoms with van der Waals surface area (Å²) in [7, 11) is 0. The van der Waals surface area contributed by atoms with Gasteiger partial charge in [0.2, 0.25) is 0 Å². The monoisotopic (exact) mass is 323 g/mol. The van der Waals surface area contributed by atoms with E-state index in [0.29, 0.717) is 12.8 Å². The van der Waals surface area contributed by atoms with Gasteiger partial charge in [-0.2, -0.15) is 0 Å². The molecule has 2 rings (SSSR count). The van der Waals surface area contributed by atoms with E-state index in [2.05, 4.69) is 0 Å². The zero-order valence-electron chi connectivity index (χ0n) is 13.6. The fraction of sp³-hybridized carbons (Fsp3) is 0.529. The van der Waals surface area contributed by atoms with Crippen LogP contribution in [0.2, 0.25) is 0 Å². The van der Waals surface area contributed by atoms with Crippen molar-refractivity contribution in [3.8, 4) is 0 Å². The Kier molecular flexibility index (Phi) is 4.92. The van der Waals surface area contributed by atoms with Gasteiger partial charge in [-0.25, -0.2) is 14.0 Å². The smallest absolute Gasteiger partial charge is 0.411 e. The molecule has 126 valence electrons. The summed E-state index contributed by atoms with van der Waals surface area (Å²) in [4.78, 5) is 25.0. The summed E-state index contributed by atoms with van der Waals surface area (Å²) < 4.78 is 18.4. The van der Waals surface area contributed by atoms with E-state index in [-0.39, 0.29) is 18.3 Å². The number of rotatable bonds is 2. The van der Waals surface area contributed by atoms with E-state index >= 15 is 0 Å². The number of carbonyl (C=O) groups is 2. The second-order valence-electron chi connectivity index (χ2n) is 6.81. The number of piperidine rings is 1. The van der Waals surface area contributed by atoms with E-state index in [9.17, 15) is 19.1 Å². The molecule has 1 N–H and O–H groups in total. The lowest BCUT2D eigenvalue weighted by molar-refractivity contribution is -0.144. The first-order chi connectivity index (χ1) is 10.7. The Balaban J connectivity index is 2.18. The Morgan fingerprint density at radius 1 is 1.22 bits per heavy atom. The normalized spacial score (nSPS) is 21.8. The fourth-order valence-corrected chi connectivity index (χ4v) is 2.76. The van der Waals surface area contributed by atoms with Gasteiger partial charge in [-0.3, -0.25) is 4.90 Å².